The summed E-state index contributed by atoms with van der Waals surface area (Å²) in [6.07, 6.45) is -3.28. The number of benzene rings is 2. The first kappa shape index (κ1) is 21.2. The molecule has 2 rings (SSSR count). The van der Waals surface area contributed by atoms with Crippen LogP contribution in [0.5, 0.6) is 11.5 Å². The molecule has 0 heterocycles. The highest BCUT2D eigenvalue weighted by Crippen LogP contribution is 2.38. The number of carbonyl (C=O) groups is 4. The van der Waals surface area contributed by atoms with Crippen molar-refractivity contribution >= 4 is 24.2 Å². The molecule has 0 saturated carbocycles. The summed E-state index contributed by atoms with van der Waals surface area (Å²) in [5, 5.41) is 36.6. The van der Waals surface area contributed by atoms with Crippen molar-refractivity contribution in [2.45, 2.75) is 19.3 Å². The summed E-state index contributed by atoms with van der Waals surface area (Å²) in [6, 6.07) is 8.09. The number of rotatable bonds is 6. The fourth-order valence-electron chi connectivity index (χ4n) is 2.91. The highest BCUT2D eigenvalue weighted by atomic mass is 16.7. The average molecular weight is 404 g/mol. The number of carboxylic acids is 2. The van der Waals surface area contributed by atoms with Gasteiger partial charge in [-0.1, -0.05) is 32.0 Å². The standard InChI is InChI=1S/C19H16O10/c1-19(2,9-3-5-10(6-4-9)28-17(24)25)11-7-8-12(29-18(26)27)14(16(22)23)13(11)15(20)21/h3-8H,1-2H3,(H,20,21)(H,22,23)(H,24,25)(H,26,27). The Morgan fingerprint density at radius 2 is 1.24 bits per heavy atom. The van der Waals surface area contributed by atoms with Crippen LogP contribution in [-0.2, 0) is 5.41 Å². The molecular weight excluding hydrogens is 388 g/mol. The van der Waals surface area contributed by atoms with E-state index >= 15 is 0 Å². The zero-order valence-corrected chi connectivity index (χ0v) is 15.2. The third-order valence-corrected chi connectivity index (χ3v) is 4.25. The normalized spacial score (nSPS) is 10.8. The lowest BCUT2D eigenvalue weighted by atomic mass is 9.75. The molecule has 0 aromatic heterocycles. The van der Waals surface area contributed by atoms with Crippen molar-refractivity contribution in [2.75, 3.05) is 0 Å². The summed E-state index contributed by atoms with van der Waals surface area (Å²) in [7, 11) is 0. The Hall–Kier alpha value is -4.08. The van der Waals surface area contributed by atoms with Crippen LogP contribution in [0.2, 0.25) is 0 Å². The molecule has 0 radical (unpaired) electrons. The van der Waals surface area contributed by atoms with E-state index in [-0.39, 0.29) is 11.3 Å². The van der Waals surface area contributed by atoms with Crippen molar-refractivity contribution in [2.24, 2.45) is 0 Å². The molecule has 0 aliphatic carbocycles. The molecule has 0 aliphatic rings. The predicted molar refractivity (Wildman–Crippen MR) is 96.2 cm³/mol. The zero-order chi connectivity index (χ0) is 21.9. The van der Waals surface area contributed by atoms with E-state index in [0.29, 0.717) is 5.56 Å². The van der Waals surface area contributed by atoms with E-state index in [9.17, 15) is 29.4 Å². The van der Waals surface area contributed by atoms with Gasteiger partial charge in [-0.25, -0.2) is 19.2 Å². The first-order chi connectivity index (χ1) is 13.4. The highest BCUT2D eigenvalue weighted by molar-refractivity contribution is 6.05. The van der Waals surface area contributed by atoms with E-state index in [2.05, 4.69) is 9.47 Å². The molecule has 4 N–H and O–H groups in total. The molecule has 0 fully saturated rings. The van der Waals surface area contributed by atoms with Crippen LogP contribution in [0, 0.1) is 0 Å². The van der Waals surface area contributed by atoms with E-state index in [1.54, 1.807) is 13.8 Å². The van der Waals surface area contributed by atoms with Crippen molar-refractivity contribution in [1.29, 1.82) is 0 Å². The van der Waals surface area contributed by atoms with Crippen molar-refractivity contribution < 1.29 is 49.1 Å². The van der Waals surface area contributed by atoms with Gasteiger partial charge >= 0.3 is 24.2 Å². The van der Waals surface area contributed by atoms with Gasteiger partial charge in [0.15, 0.2) is 0 Å². The second-order valence-corrected chi connectivity index (χ2v) is 6.36. The zero-order valence-electron chi connectivity index (χ0n) is 15.2. The molecule has 0 unspecified atom stereocenters. The van der Waals surface area contributed by atoms with E-state index in [1.807, 2.05) is 0 Å². The van der Waals surface area contributed by atoms with Gasteiger partial charge in [0.2, 0.25) is 0 Å². The van der Waals surface area contributed by atoms with Gasteiger partial charge in [-0.05, 0) is 29.3 Å². The Labute approximate surface area is 163 Å². The van der Waals surface area contributed by atoms with Crippen LogP contribution in [0.1, 0.15) is 45.7 Å². The monoisotopic (exact) mass is 404 g/mol. The maximum atomic E-state index is 11.9. The number of hydrogen-bond donors (Lipinski definition) is 4. The third-order valence-electron chi connectivity index (χ3n) is 4.25. The van der Waals surface area contributed by atoms with Crippen LogP contribution < -0.4 is 9.47 Å². The lowest BCUT2D eigenvalue weighted by Gasteiger charge is -2.28. The first-order valence-electron chi connectivity index (χ1n) is 8.01. The van der Waals surface area contributed by atoms with Crippen LogP contribution in [0.3, 0.4) is 0 Å². The van der Waals surface area contributed by atoms with E-state index < -0.39 is 46.5 Å². The van der Waals surface area contributed by atoms with Crippen LogP contribution >= 0.6 is 0 Å². The van der Waals surface area contributed by atoms with Gasteiger partial charge in [-0.3, -0.25) is 0 Å². The summed E-state index contributed by atoms with van der Waals surface area (Å²) in [6.45, 7) is 3.26. The number of aromatic carboxylic acids is 2. The smallest absolute Gasteiger partial charge is 0.478 e. The minimum Gasteiger partial charge on any atom is -0.478 e. The number of hydrogen-bond acceptors (Lipinski definition) is 6. The molecule has 0 bridgehead atoms. The second-order valence-electron chi connectivity index (χ2n) is 6.36. The number of ether oxygens (including phenoxy) is 2. The van der Waals surface area contributed by atoms with Crippen molar-refractivity contribution in [3.05, 3.63) is 58.7 Å². The lowest BCUT2D eigenvalue weighted by molar-refractivity contribution is 0.0645. The van der Waals surface area contributed by atoms with E-state index in [1.165, 1.54) is 30.3 Å². The van der Waals surface area contributed by atoms with Crippen LogP contribution in [0.15, 0.2) is 36.4 Å². The minimum absolute atomic E-state index is 0.0481. The largest absolute Gasteiger partial charge is 0.511 e. The van der Waals surface area contributed by atoms with Gasteiger partial charge in [0, 0.05) is 5.41 Å². The van der Waals surface area contributed by atoms with Gasteiger partial charge < -0.3 is 29.9 Å². The third kappa shape index (κ3) is 4.43. The van der Waals surface area contributed by atoms with Gasteiger partial charge in [-0.15, -0.1) is 0 Å². The first-order valence-corrected chi connectivity index (χ1v) is 8.01. The minimum atomic E-state index is -1.79. The van der Waals surface area contributed by atoms with E-state index in [4.69, 9.17) is 10.2 Å². The molecule has 152 valence electrons. The number of carboxylic acid groups (broad SMARTS) is 4. The Morgan fingerprint density at radius 1 is 0.724 bits per heavy atom. The Morgan fingerprint density at radius 3 is 1.69 bits per heavy atom. The summed E-state index contributed by atoms with van der Waals surface area (Å²) in [5.41, 5.74) is -1.85. The second kappa shape index (κ2) is 7.89. The van der Waals surface area contributed by atoms with Gasteiger partial charge in [-0.2, -0.15) is 0 Å². The summed E-state index contributed by atoms with van der Waals surface area (Å²) in [5.74, 6) is -3.81. The summed E-state index contributed by atoms with van der Waals surface area (Å²) in [4.78, 5) is 45.0. The molecule has 10 nitrogen and oxygen atoms in total. The SMILES string of the molecule is CC(C)(c1ccc(OC(=O)O)cc1)c1ccc(OC(=O)O)c(C(=O)O)c1C(=O)O. The van der Waals surface area contributed by atoms with Gasteiger partial charge in [0.1, 0.15) is 17.1 Å². The van der Waals surface area contributed by atoms with Crippen molar-refractivity contribution in [3.63, 3.8) is 0 Å². The molecule has 0 atom stereocenters. The van der Waals surface area contributed by atoms with Crippen LogP contribution in [0.4, 0.5) is 9.59 Å². The Balaban J connectivity index is 2.66. The fraction of sp³-hybridized carbons (Fsp3) is 0.158. The Bertz CT molecular complexity index is 989. The van der Waals surface area contributed by atoms with Crippen molar-refractivity contribution in [1.82, 2.24) is 0 Å². The maximum Gasteiger partial charge on any atom is 0.511 e. The molecule has 10 heteroatoms. The van der Waals surface area contributed by atoms with E-state index in [0.717, 1.165) is 6.07 Å². The predicted octanol–water partition coefficient (Wildman–Crippen LogP) is 3.52. The maximum absolute atomic E-state index is 11.9. The van der Waals surface area contributed by atoms with Gasteiger partial charge in [0.25, 0.3) is 0 Å². The molecule has 29 heavy (non-hydrogen) atoms. The van der Waals surface area contributed by atoms with Gasteiger partial charge in [0.05, 0.1) is 5.56 Å². The Kier molecular flexibility index (Phi) is 5.77. The average Bonchev–Trinajstić information content (AvgIpc) is 2.60. The molecule has 0 saturated heterocycles. The summed E-state index contributed by atoms with van der Waals surface area (Å²) < 4.78 is 8.95. The molecule has 2 aromatic rings. The fourth-order valence-corrected chi connectivity index (χ4v) is 2.91. The van der Waals surface area contributed by atoms with Crippen LogP contribution in [0.25, 0.3) is 0 Å². The quantitative estimate of drug-likeness (QED) is 0.413. The lowest BCUT2D eigenvalue weighted by Crippen LogP contribution is -2.25. The topological polar surface area (TPSA) is 168 Å². The highest BCUT2D eigenvalue weighted by Gasteiger charge is 2.34. The molecular formula is C19H16O10. The van der Waals surface area contributed by atoms with Crippen LogP contribution in [-0.4, -0.2) is 44.7 Å². The molecule has 0 spiro atoms. The van der Waals surface area contributed by atoms with Crippen molar-refractivity contribution in [3.8, 4) is 11.5 Å². The molecule has 2 aromatic carbocycles. The molecule has 0 aliphatic heterocycles. The molecule has 0 amide bonds. The summed E-state index contributed by atoms with van der Waals surface area (Å²) >= 11 is 0.